The van der Waals surface area contributed by atoms with Crippen LogP contribution in [0.25, 0.3) is 0 Å². The first kappa shape index (κ1) is 15.1. The second kappa shape index (κ2) is 6.84. The Morgan fingerprint density at radius 1 is 1.55 bits per heavy atom. The van der Waals surface area contributed by atoms with Crippen molar-refractivity contribution in [2.24, 2.45) is 0 Å². The van der Waals surface area contributed by atoms with Gasteiger partial charge >= 0.3 is 5.97 Å². The van der Waals surface area contributed by atoms with E-state index in [1.165, 1.54) is 25.1 Å². The van der Waals surface area contributed by atoms with Gasteiger partial charge in [0.1, 0.15) is 12.6 Å². The Labute approximate surface area is 114 Å². The number of nitriles is 1. The molecule has 0 saturated carbocycles. The lowest BCUT2D eigenvalue weighted by molar-refractivity contribution is -0.384. The van der Waals surface area contributed by atoms with Crippen molar-refractivity contribution in [2.45, 2.75) is 13.0 Å². The summed E-state index contributed by atoms with van der Waals surface area (Å²) in [6, 6.07) is 6.79. The van der Waals surface area contributed by atoms with Gasteiger partial charge in [-0.1, -0.05) is 6.07 Å². The highest BCUT2D eigenvalue weighted by atomic mass is 16.6. The minimum atomic E-state index is -0.905. The van der Waals surface area contributed by atoms with Gasteiger partial charge in [0.15, 0.2) is 6.10 Å². The van der Waals surface area contributed by atoms with Crippen LogP contribution in [0.3, 0.4) is 0 Å². The molecule has 0 aliphatic rings. The van der Waals surface area contributed by atoms with Crippen molar-refractivity contribution in [2.75, 3.05) is 6.54 Å². The number of carbonyl (C=O) groups is 2. The first-order chi connectivity index (χ1) is 9.43. The number of amides is 1. The second-order valence-electron chi connectivity index (χ2n) is 3.75. The van der Waals surface area contributed by atoms with Crippen molar-refractivity contribution < 1.29 is 19.2 Å². The summed E-state index contributed by atoms with van der Waals surface area (Å²) < 4.78 is 4.62. The quantitative estimate of drug-likeness (QED) is 0.482. The molecule has 1 rings (SSSR count). The van der Waals surface area contributed by atoms with E-state index in [0.717, 1.165) is 6.07 Å². The van der Waals surface area contributed by atoms with Crippen LogP contribution in [0.2, 0.25) is 0 Å². The van der Waals surface area contributed by atoms with Gasteiger partial charge in [0.2, 0.25) is 0 Å². The Hall–Kier alpha value is -2.95. The molecule has 1 aromatic carbocycles. The summed E-state index contributed by atoms with van der Waals surface area (Å²) in [7, 11) is 0. The Balaban J connectivity index is 2.59. The Morgan fingerprint density at radius 2 is 2.25 bits per heavy atom. The SMILES string of the molecule is C[C@@H](C#N)OC(=O)CNC(=O)c1cccc([N+](=O)[O-])c1. The lowest BCUT2D eigenvalue weighted by Gasteiger charge is -2.07. The van der Waals surface area contributed by atoms with E-state index in [2.05, 4.69) is 10.1 Å². The Bertz CT molecular complexity index is 579. The molecule has 0 unspecified atom stereocenters. The number of rotatable bonds is 5. The van der Waals surface area contributed by atoms with Crippen molar-refractivity contribution in [1.29, 1.82) is 5.26 Å². The van der Waals surface area contributed by atoms with Crippen LogP contribution in [-0.4, -0.2) is 29.4 Å². The van der Waals surface area contributed by atoms with Crippen LogP contribution in [0.15, 0.2) is 24.3 Å². The molecule has 0 aliphatic heterocycles. The maximum atomic E-state index is 11.7. The van der Waals surface area contributed by atoms with Crippen LogP contribution in [0.4, 0.5) is 5.69 Å². The number of nitro benzene ring substituents is 1. The summed E-state index contributed by atoms with van der Waals surface area (Å²) >= 11 is 0. The normalized spacial score (nSPS) is 11.0. The lowest BCUT2D eigenvalue weighted by atomic mass is 10.2. The Morgan fingerprint density at radius 3 is 2.85 bits per heavy atom. The number of benzene rings is 1. The average molecular weight is 277 g/mol. The molecule has 0 bridgehead atoms. The topological polar surface area (TPSA) is 122 Å². The third-order valence-electron chi connectivity index (χ3n) is 2.20. The summed E-state index contributed by atoms with van der Waals surface area (Å²) in [5.74, 6) is -1.41. The second-order valence-corrected chi connectivity index (χ2v) is 3.75. The molecule has 0 heterocycles. The van der Waals surface area contributed by atoms with Crippen LogP contribution in [-0.2, 0) is 9.53 Å². The molecule has 0 saturated heterocycles. The molecular formula is C12H11N3O5. The molecule has 104 valence electrons. The van der Waals surface area contributed by atoms with E-state index in [-0.39, 0.29) is 11.3 Å². The van der Waals surface area contributed by atoms with E-state index in [9.17, 15) is 19.7 Å². The van der Waals surface area contributed by atoms with E-state index in [1.807, 2.05) is 0 Å². The highest BCUT2D eigenvalue weighted by molar-refractivity contribution is 5.96. The van der Waals surface area contributed by atoms with E-state index in [0.29, 0.717) is 0 Å². The minimum Gasteiger partial charge on any atom is -0.446 e. The molecule has 0 fully saturated rings. The van der Waals surface area contributed by atoms with E-state index >= 15 is 0 Å². The molecule has 0 radical (unpaired) electrons. The van der Waals surface area contributed by atoms with E-state index in [4.69, 9.17) is 5.26 Å². The van der Waals surface area contributed by atoms with Gasteiger partial charge in [0, 0.05) is 17.7 Å². The van der Waals surface area contributed by atoms with Crippen molar-refractivity contribution in [3.8, 4) is 6.07 Å². The van der Waals surface area contributed by atoms with E-state index < -0.39 is 29.4 Å². The predicted molar refractivity (Wildman–Crippen MR) is 66.6 cm³/mol. The highest BCUT2D eigenvalue weighted by Gasteiger charge is 2.14. The molecule has 1 N–H and O–H groups in total. The maximum absolute atomic E-state index is 11.7. The number of non-ortho nitro benzene ring substituents is 1. The third-order valence-corrected chi connectivity index (χ3v) is 2.20. The largest absolute Gasteiger partial charge is 0.446 e. The maximum Gasteiger partial charge on any atom is 0.326 e. The lowest BCUT2D eigenvalue weighted by Crippen LogP contribution is -2.31. The average Bonchev–Trinajstić information content (AvgIpc) is 2.44. The molecule has 0 spiro atoms. The summed E-state index contributed by atoms with van der Waals surface area (Å²) in [5, 5.41) is 21.3. The van der Waals surface area contributed by atoms with Gasteiger partial charge in [0.05, 0.1) is 4.92 Å². The number of hydrogen-bond donors (Lipinski definition) is 1. The van der Waals surface area contributed by atoms with Gasteiger partial charge in [-0.15, -0.1) is 0 Å². The monoisotopic (exact) mass is 277 g/mol. The molecule has 1 atom stereocenters. The molecule has 8 heteroatoms. The fourth-order valence-corrected chi connectivity index (χ4v) is 1.28. The zero-order chi connectivity index (χ0) is 15.1. The van der Waals surface area contributed by atoms with Crippen LogP contribution in [0.1, 0.15) is 17.3 Å². The smallest absolute Gasteiger partial charge is 0.326 e. The molecule has 8 nitrogen and oxygen atoms in total. The standard InChI is InChI=1S/C12H11N3O5/c1-8(6-13)20-11(16)7-14-12(17)9-3-2-4-10(5-9)15(18)19/h2-5,8H,7H2,1H3,(H,14,17)/t8-/m0/s1. The summed E-state index contributed by atoms with van der Waals surface area (Å²) in [5.41, 5.74) is -0.168. The van der Waals surface area contributed by atoms with E-state index in [1.54, 1.807) is 6.07 Å². The fourth-order valence-electron chi connectivity index (χ4n) is 1.28. The number of hydrogen-bond acceptors (Lipinski definition) is 6. The van der Waals surface area contributed by atoms with Crippen LogP contribution >= 0.6 is 0 Å². The Kier molecular flexibility index (Phi) is 5.17. The molecular weight excluding hydrogens is 266 g/mol. The molecule has 20 heavy (non-hydrogen) atoms. The van der Waals surface area contributed by atoms with Gasteiger partial charge in [-0.3, -0.25) is 19.7 Å². The van der Waals surface area contributed by atoms with Crippen LogP contribution < -0.4 is 5.32 Å². The minimum absolute atomic E-state index is 0.0559. The fraction of sp³-hybridized carbons (Fsp3) is 0.250. The molecule has 1 amide bonds. The summed E-state index contributed by atoms with van der Waals surface area (Å²) in [6.07, 6.45) is -0.905. The zero-order valence-electron chi connectivity index (χ0n) is 10.5. The predicted octanol–water partition coefficient (Wildman–Crippen LogP) is 0.780. The van der Waals surface area contributed by atoms with Gasteiger partial charge in [-0.05, 0) is 13.0 Å². The summed E-state index contributed by atoms with van der Waals surface area (Å²) in [6.45, 7) is 0.966. The molecule has 1 aromatic rings. The third kappa shape index (κ3) is 4.38. The highest BCUT2D eigenvalue weighted by Crippen LogP contribution is 2.12. The molecule has 0 aromatic heterocycles. The first-order valence-electron chi connectivity index (χ1n) is 5.55. The first-order valence-corrected chi connectivity index (χ1v) is 5.55. The van der Waals surface area contributed by atoms with Crippen LogP contribution in [0, 0.1) is 21.4 Å². The van der Waals surface area contributed by atoms with Crippen molar-refractivity contribution in [1.82, 2.24) is 5.32 Å². The number of esters is 1. The van der Waals surface area contributed by atoms with Crippen LogP contribution in [0.5, 0.6) is 0 Å². The van der Waals surface area contributed by atoms with Crippen molar-refractivity contribution in [3.05, 3.63) is 39.9 Å². The number of carbonyl (C=O) groups excluding carboxylic acids is 2. The number of nitrogens with one attached hydrogen (secondary N) is 1. The number of ether oxygens (including phenoxy) is 1. The van der Waals surface area contributed by atoms with Gasteiger partial charge in [0.25, 0.3) is 11.6 Å². The summed E-state index contributed by atoms with van der Waals surface area (Å²) in [4.78, 5) is 32.8. The number of nitro groups is 1. The van der Waals surface area contributed by atoms with Gasteiger partial charge in [-0.2, -0.15) is 5.26 Å². The van der Waals surface area contributed by atoms with Gasteiger partial charge in [-0.25, -0.2) is 0 Å². The van der Waals surface area contributed by atoms with Crippen molar-refractivity contribution >= 4 is 17.6 Å². The number of nitrogens with zero attached hydrogens (tertiary/aromatic N) is 2. The molecule has 0 aliphatic carbocycles. The zero-order valence-corrected chi connectivity index (χ0v) is 10.5. The van der Waals surface area contributed by atoms with Gasteiger partial charge < -0.3 is 10.1 Å². The van der Waals surface area contributed by atoms with Crippen molar-refractivity contribution in [3.63, 3.8) is 0 Å².